The molecule has 1 N–H and O–H groups in total. The van der Waals surface area contributed by atoms with Crippen molar-refractivity contribution in [2.75, 3.05) is 0 Å². The SMILES string of the molecule is CCCCCCCC/C=C(\C[Si](C)(C)O)[Si](C)(C)C. The molecule has 0 heterocycles. The lowest BCUT2D eigenvalue weighted by molar-refractivity contribution is 0.553. The summed E-state index contributed by atoms with van der Waals surface area (Å²) >= 11 is 0. The van der Waals surface area contributed by atoms with Crippen molar-refractivity contribution >= 4 is 16.4 Å². The first-order valence-electron chi connectivity index (χ1n) is 8.08. The molecule has 0 aliphatic carbocycles. The van der Waals surface area contributed by atoms with Gasteiger partial charge in [0.05, 0.1) is 8.07 Å². The first kappa shape index (κ1) is 19.1. The number of hydrogen-bond donors (Lipinski definition) is 1. The van der Waals surface area contributed by atoms with Crippen molar-refractivity contribution in [1.82, 2.24) is 0 Å². The average molecular weight is 301 g/mol. The Morgan fingerprint density at radius 1 is 0.895 bits per heavy atom. The van der Waals surface area contributed by atoms with Gasteiger partial charge >= 0.3 is 0 Å². The first-order chi connectivity index (χ1) is 8.67. The Hall–Kier alpha value is 0.134. The van der Waals surface area contributed by atoms with Crippen molar-refractivity contribution in [2.45, 2.75) is 90.6 Å². The zero-order valence-electron chi connectivity index (χ0n) is 14.2. The van der Waals surface area contributed by atoms with E-state index in [9.17, 15) is 4.80 Å². The Labute approximate surface area is 123 Å². The van der Waals surface area contributed by atoms with Gasteiger partial charge < -0.3 is 4.80 Å². The fourth-order valence-electron chi connectivity index (χ4n) is 2.31. The van der Waals surface area contributed by atoms with Crippen LogP contribution >= 0.6 is 0 Å². The van der Waals surface area contributed by atoms with Crippen LogP contribution in [0.2, 0.25) is 38.8 Å². The van der Waals surface area contributed by atoms with Crippen LogP contribution in [0.4, 0.5) is 0 Å². The van der Waals surface area contributed by atoms with Crippen molar-refractivity contribution in [3.63, 3.8) is 0 Å². The summed E-state index contributed by atoms with van der Waals surface area (Å²) in [5.41, 5.74) is 0. The highest BCUT2D eigenvalue weighted by Gasteiger charge is 2.26. The van der Waals surface area contributed by atoms with Crippen LogP contribution in [0, 0.1) is 0 Å². The predicted octanol–water partition coefficient (Wildman–Crippen LogP) is 5.74. The van der Waals surface area contributed by atoms with E-state index in [1.165, 1.54) is 44.9 Å². The third-order valence-electron chi connectivity index (χ3n) is 3.53. The molecule has 0 aromatic rings. The molecule has 0 aliphatic rings. The van der Waals surface area contributed by atoms with E-state index in [0.29, 0.717) is 0 Å². The van der Waals surface area contributed by atoms with Gasteiger partial charge in [-0.3, -0.25) is 0 Å². The molecule has 0 fully saturated rings. The number of unbranched alkanes of at least 4 members (excludes halogenated alkanes) is 6. The maximum Gasteiger partial charge on any atom is 0.186 e. The maximum absolute atomic E-state index is 10.2. The largest absolute Gasteiger partial charge is 0.432 e. The Morgan fingerprint density at radius 2 is 1.42 bits per heavy atom. The number of rotatable bonds is 10. The van der Waals surface area contributed by atoms with Crippen molar-refractivity contribution in [3.8, 4) is 0 Å². The molecule has 0 unspecified atom stereocenters. The second kappa shape index (κ2) is 9.14. The molecule has 0 rings (SSSR count). The molecule has 0 saturated carbocycles. The molecule has 0 aromatic heterocycles. The van der Waals surface area contributed by atoms with E-state index >= 15 is 0 Å². The molecule has 19 heavy (non-hydrogen) atoms. The Morgan fingerprint density at radius 3 is 1.89 bits per heavy atom. The van der Waals surface area contributed by atoms with Crippen LogP contribution in [0.15, 0.2) is 11.3 Å². The topological polar surface area (TPSA) is 20.2 Å². The van der Waals surface area contributed by atoms with Gasteiger partial charge in [-0.1, -0.05) is 69.9 Å². The molecule has 114 valence electrons. The normalized spacial score (nSPS) is 13.9. The Bertz CT molecular complexity index is 259. The lowest BCUT2D eigenvalue weighted by Gasteiger charge is -2.26. The third kappa shape index (κ3) is 11.6. The standard InChI is InChI=1S/C16H36OSi2/c1-7-8-9-10-11-12-13-14-16(18(2,3)4)15-19(5,6)17/h14,17H,7-13,15H2,1-6H3/b16-14+. The Kier molecular flexibility index (Phi) is 9.20. The summed E-state index contributed by atoms with van der Waals surface area (Å²) in [7, 11) is -3.19. The van der Waals surface area contributed by atoms with Crippen LogP contribution in [-0.4, -0.2) is 21.2 Å². The van der Waals surface area contributed by atoms with Crippen molar-refractivity contribution in [3.05, 3.63) is 11.3 Å². The molecule has 0 radical (unpaired) electrons. The second-order valence-corrected chi connectivity index (χ2v) is 16.6. The summed E-state index contributed by atoms with van der Waals surface area (Å²) in [6.07, 6.45) is 11.9. The highest BCUT2D eigenvalue weighted by Crippen LogP contribution is 2.25. The average Bonchev–Trinajstić information content (AvgIpc) is 2.23. The smallest absolute Gasteiger partial charge is 0.186 e. The maximum atomic E-state index is 10.2. The van der Waals surface area contributed by atoms with Gasteiger partial charge in [0.2, 0.25) is 0 Å². The van der Waals surface area contributed by atoms with E-state index in [0.717, 1.165) is 6.04 Å². The second-order valence-electron chi connectivity index (χ2n) is 7.53. The summed E-state index contributed by atoms with van der Waals surface area (Å²) in [5, 5.41) is 1.60. The summed E-state index contributed by atoms with van der Waals surface area (Å²) in [6, 6.07) is 0.985. The molecule has 0 aliphatic heterocycles. The van der Waals surface area contributed by atoms with Crippen LogP contribution < -0.4 is 0 Å². The summed E-state index contributed by atoms with van der Waals surface area (Å²) < 4.78 is 0. The lowest BCUT2D eigenvalue weighted by atomic mass is 10.1. The van der Waals surface area contributed by atoms with Gasteiger partial charge in [-0.2, -0.15) is 0 Å². The molecule has 1 nitrogen and oxygen atoms in total. The van der Waals surface area contributed by atoms with Crippen molar-refractivity contribution < 1.29 is 4.80 Å². The molecule has 0 bridgehead atoms. The fourth-order valence-corrected chi connectivity index (χ4v) is 7.56. The van der Waals surface area contributed by atoms with E-state index in [4.69, 9.17) is 0 Å². The zero-order chi connectivity index (χ0) is 14.9. The quantitative estimate of drug-likeness (QED) is 0.403. The van der Waals surface area contributed by atoms with Gasteiger partial charge in [0.25, 0.3) is 0 Å². The highest BCUT2D eigenvalue weighted by molar-refractivity contribution is 6.85. The summed E-state index contributed by atoms with van der Waals surface area (Å²) in [5.74, 6) is 0. The minimum absolute atomic E-state index is 0.985. The molecule has 3 heteroatoms. The fraction of sp³-hybridized carbons (Fsp3) is 0.875. The molecular formula is C16H36OSi2. The minimum atomic E-state index is -1.95. The lowest BCUT2D eigenvalue weighted by Crippen LogP contribution is -2.33. The van der Waals surface area contributed by atoms with Gasteiger partial charge in [0, 0.05) is 0 Å². The van der Waals surface area contributed by atoms with Crippen LogP contribution in [0.1, 0.15) is 51.9 Å². The minimum Gasteiger partial charge on any atom is -0.432 e. The third-order valence-corrected chi connectivity index (χ3v) is 7.44. The summed E-state index contributed by atoms with van der Waals surface area (Å²) in [4.78, 5) is 10.2. The van der Waals surface area contributed by atoms with Crippen LogP contribution in [0.3, 0.4) is 0 Å². The molecule has 0 saturated heterocycles. The van der Waals surface area contributed by atoms with Gasteiger partial charge in [-0.25, -0.2) is 0 Å². The van der Waals surface area contributed by atoms with Gasteiger partial charge in [0.1, 0.15) is 0 Å². The van der Waals surface area contributed by atoms with Crippen molar-refractivity contribution in [1.29, 1.82) is 0 Å². The van der Waals surface area contributed by atoms with Gasteiger partial charge in [-0.15, -0.1) is 0 Å². The first-order valence-corrected chi connectivity index (χ1v) is 14.7. The number of hydrogen-bond acceptors (Lipinski definition) is 1. The van der Waals surface area contributed by atoms with E-state index < -0.39 is 16.4 Å². The molecular weight excluding hydrogens is 264 g/mol. The van der Waals surface area contributed by atoms with E-state index in [1.807, 2.05) is 0 Å². The molecule has 0 amide bonds. The van der Waals surface area contributed by atoms with Gasteiger partial charge in [0.15, 0.2) is 8.32 Å². The van der Waals surface area contributed by atoms with E-state index in [2.05, 4.69) is 45.7 Å². The predicted molar refractivity (Wildman–Crippen MR) is 93.9 cm³/mol. The van der Waals surface area contributed by atoms with Crippen LogP contribution in [0.5, 0.6) is 0 Å². The van der Waals surface area contributed by atoms with Gasteiger partial charge in [-0.05, 0) is 32.0 Å². The van der Waals surface area contributed by atoms with E-state index in [-0.39, 0.29) is 0 Å². The number of allylic oxidation sites excluding steroid dienone is 2. The monoisotopic (exact) mass is 300 g/mol. The molecule has 0 atom stereocenters. The molecule has 0 spiro atoms. The van der Waals surface area contributed by atoms with E-state index in [1.54, 1.807) is 5.20 Å². The zero-order valence-corrected chi connectivity index (χ0v) is 16.2. The highest BCUT2D eigenvalue weighted by atomic mass is 28.4. The molecule has 0 aromatic carbocycles. The summed E-state index contributed by atoms with van der Waals surface area (Å²) in [6.45, 7) is 13.6. The Balaban J connectivity index is 4.13. The van der Waals surface area contributed by atoms with Crippen LogP contribution in [-0.2, 0) is 0 Å². The van der Waals surface area contributed by atoms with Crippen LogP contribution in [0.25, 0.3) is 0 Å². The van der Waals surface area contributed by atoms with Crippen molar-refractivity contribution in [2.24, 2.45) is 0 Å².